The Bertz CT molecular complexity index is 630. The fourth-order valence-corrected chi connectivity index (χ4v) is 4.27. The summed E-state index contributed by atoms with van der Waals surface area (Å²) in [6, 6.07) is 10.7. The molecule has 0 spiro atoms. The van der Waals surface area contributed by atoms with Crippen molar-refractivity contribution in [3.05, 3.63) is 35.9 Å². The summed E-state index contributed by atoms with van der Waals surface area (Å²) in [6.07, 6.45) is 6.28. The van der Waals surface area contributed by atoms with Crippen LogP contribution in [0, 0.1) is 11.8 Å². The molecule has 2 aliphatic heterocycles. The lowest BCUT2D eigenvalue weighted by atomic mass is 9.92. The molecule has 27 heavy (non-hydrogen) atoms. The van der Waals surface area contributed by atoms with Crippen LogP contribution >= 0.6 is 0 Å². The highest BCUT2D eigenvalue weighted by atomic mass is 16.7. The molecule has 2 heterocycles. The van der Waals surface area contributed by atoms with Gasteiger partial charge in [-0.15, -0.1) is 0 Å². The van der Waals surface area contributed by atoms with Gasteiger partial charge in [0.1, 0.15) is 0 Å². The van der Waals surface area contributed by atoms with Crippen LogP contribution in [0.4, 0.5) is 0 Å². The van der Waals surface area contributed by atoms with E-state index in [2.05, 4.69) is 42.7 Å². The summed E-state index contributed by atoms with van der Waals surface area (Å²) in [5, 5.41) is 10.2. The first-order valence-corrected chi connectivity index (χ1v) is 10.4. The summed E-state index contributed by atoms with van der Waals surface area (Å²) in [7, 11) is 0. The third kappa shape index (κ3) is 4.92. The van der Waals surface area contributed by atoms with Crippen LogP contribution in [-0.2, 0) is 9.47 Å². The van der Waals surface area contributed by atoms with E-state index >= 15 is 0 Å². The van der Waals surface area contributed by atoms with Crippen molar-refractivity contribution in [3.63, 3.8) is 0 Å². The molecule has 148 valence electrons. The average Bonchev–Trinajstić information content (AvgIpc) is 3.17. The Morgan fingerprint density at radius 2 is 1.96 bits per heavy atom. The molecule has 4 heteroatoms. The van der Waals surface area contributed by atoms with Crippen LogP contribution in [-0.4, -0.2) is 47.7 Å². The standard InChI is InChI=1S/C23H33NO3/c1-3-4-14-23(26-16-17-27-23)15-13-21-12-8-9-19(2)24(21)22(18-25)20-10-6-5-7-11-20/h5-7,10-11,19,21-22,25H,3-4,8-9,12,14,16-18H2,1-2H3/t19-,21-,22+/m0/s1. The molecule has 1 aromatic rings. The second kappa shape index (κ2) is 9.71. The van der Waals surface area contributed by atoms with Crippen molar-refractivity contribution in [1.82, 2.24) is 4.90 Å². The Labute approximate surface area is 163 Å². The van der Waals surface area contributed by atoms with Gasteiger partial charge in [-0.3, -0.25) is 4.90 Å². The van der Waals surface area contributed by atoms with Crippen LogP contribution in [0.2, 0.25) is 0 Å². The Balaban J connectivity index is 1.84. The molecular weight excluding hydrogens is 338 g/mol. The van der Waals surface area contributed by atoms with Crippen LogP contribution in [0.1, 0.15) is 64.0 Å². The van der Waals surface area contributed by atoms with Crippen LogP contribution in [0.25, 0.3) is 0 Å². The molecule has 1 N–H and O–H groups in total. The van der Waals surface area contributed by atoms with Crippen molar-refractivity contribution in [2.45, 2.75) is 76.3 Å². The molecule has 2 aliphatic rings. The van der Waals surface area contributed by atoms with Crippen LogP contribution in [0.15, 0.2) is 30.3 Å². The minimum absolute atomic E-state index is 0.0298. The molecule has 0 amide bonds. The van der Waals surface area contributed by atoms with Crippen molar-refractivity contribution >= 4 is 0 Å². The summed E-state index contributed by atoms with van der Waals surface area (Å²) in [5.41, 5.74) is 1.15. The maximum absolute atomic E-state index is 10.2. The number of rotatable bonds is 6. The van der Waals surface area contributed by atoms with Gasteiger partial charge in [-0.25, -0.2) is 0 Å². The number of piperidine rings is 1. The van der Waals surface area contributed by atoms with Crippen molar-refractivity contribution in [1.29, 1.82) is 0 Å². The predicted molar refractivity (Wildman–Crippen MR) is 107 cm³/mol. The number of likely N-dealkylation sites (tertiary alicyclic amines) is 1. The van der Waals surface area contributed by atoms with Crippen LogP contribution in [0.3, 0.4) is 0 Å². The SMILES string of the molecule is CCCCC1(C#C[C@@H]2CCC[C@H](C)N2[C@H](CO)c2ccccc2)OCCO1. The van der Waals surface area contributed by atoms with Gasteiger partial charge in [-0.2, -0.15) is 0 Å². The third-order valence-electron chi connectivity index (χ3n) is 5.73. The van der Waals surface area contributed by atoms with E-state index in [4.69, 9.17) is 9.47 Å². The first kappa shape index (κ1) is 20.4. The lowest BCUT2D eigenvalue weighted by Gasteiger charge is -2.43. The molecule has 0 bridgehead atoms. The highest BCUT2D eigenvalue weighted by Crippen LogP contribution is 2.33. The van der Waals surface area contributed by atoms with Gasteiger partial charge in [-0.1, -0.05) is 49.6 Å². The van der Waals surface area contributed by atoms with Gasteiger partial charge in [0, 0.05) is 12.5 Å². The average molecular weight is 372 g/mol. The van der Waals surface area contributed by atoms with E-state index in [1.807, 2.05) is 18.2 Å². The van der Waals surface area contributed by atoms with Gasteiger partial charge >= 0.3 is 0 Å². The van der Waals surface area contributed by atoms with Crippen LogP contribution in [0.5, 0.6) is 0 Å². The fourth-order valence-electron chi connectivity index (χ4n) is 4.27. The lowest BCUT2D eigenvalue weighted by Crippen LogP contribution is -2.48. The summed E-state index contributed by atoms with van der Waals surface area (Å²) < 4.78 is 11.8. The number of nitrogens with zero attached hydrogens (tertiary/aromatic N) is 1. The first-order valence-electron chi connectivity index (χ1n) is 10.4. The number of aliphatic hydroxyl groups excluding tert-OH is 1. The Kier molecular flexibility index (Phi) is 7.32. The maximum Gasteiger partial charge on any atom is 0.233 e. The smallest absolute Gasteiger partial charge is 0.233 e. The van der Waals surface area contributed by atoms with E-state index < -0.39 is 5.79 Å². The van der Waals surface area contributed by atoms with E-state index in [-0.39, 0.29) is 18.7 Å². The summed E-state index contributed by atoms with van der Waals surface area (Å²) in [6.45, 7) is 5.75. The molecule has 0 aliphatic carbocycles. The zero-order valence-corrected chi connectivity index (χ0v) is 16.7. The minimum Gasteiger partial charge on any atom is -0.394 e. The van der Waals surface area contributed by atoms with Gasteiger partial charge < -0.3 is 14.6 Å². The van der Waals surface area contributed by atoms with E-state index in [0.717, 1.165) is 44.1 Å². The normalized spacial score (nSPS) is 26.3. The van der Waals surface area contributed by atoms with E-state index in [0.29, 0.717) is 19.3 Å². The summed E-state index contributed by atoms with van der Waals surface area (Å²) in [5.74, 6) is 6.12. The van der Waals surface area contributed by atoms with Crippen molar-refractivity contribution in [2.75, 3.05) is 19.8 Å². The fraction of sp³-hybridized carbons (Fsp3) is 0.652. The number of aliphatic hydroxyl groups is 1. The minimum atomic E-state index is -0.732. The molecule has 2 saturated heterocycles. The third-order valence-corrected chi connectivity index (χ3v) is 5.73. The molecule has 0 saturated carbocycles. The second-order valence-corrected chi connectivity index (χ2v) is 7.67. The van der Waals surface area contributed by atoms with Gasteiger partial charge in [-0.05, 0) is 44.1 Å². The van der Waals surface area contributed by atoms with Gasteiger partial charge in [0.05, 0.1) is 31.9 Å². The number of unbranched alkanes of at least 4 members (excludes halogenated alkanes) is 1. The molecule has 1 aromatic carbocycles. The van der Waals surface area contributed by atoms with E-state index in [9.17, 15) is 5.11 Å². The molecular formula is C23H33NO3. The van der Waals surface area contributed by atoms with Crippen molar-refractivity contribution in [3.8, 4) is 11.8 Å². The Hall–Kier alpha value is -1.38. The van der Waals surface area contributed by atoms with Gasteiger partial charge in [0.15, 0.2) is 0 Å². The highest BCUT2D eigenvalue weighted by Gasteiger charge is 2.36. The molecule has 3 atom stereocenters. The summed E-state index contributed by atoms with van der Waals surface area (Å²) >= 11 is 0. The molecule has 4 nitrogen and oxygen atoms in total. The van der Waals surface area contributed by atoms with Crippen molar-refractivity contribution in [2.24, 2.45) is 0 Å². The van der Waals surface area contributed by atoms with Crippen LogP contribution < -0.4 is 0 Å². The predicted octanol–water partition coefficient (Wildman–Crippen LogP) is 3.90. The highest BCUT2D eigenvalue weighted by molar-refractivity contribution is 5.23. The van der Waals surface area contributed by atoms with E-state index in [1.165, 1.54) is 0 Å². The number of hydrogen-bond acceptors (Lipinski definition) is 4. The zero-order valence-electron chi connectivity index (χ0n) is 16.7. The Morgan fingerprint density at radius 3 is 2.63 bits per heavy atom. The van der Waals surface area contributed by atoms with E-state index in [1.54, 1.807) is 0 Å². The van der Waals surface area contributed by atoms with Crippen molar-refractivity contribution < 1.29 is 14.6 Å². The second-order valence-electron chi connectivity index (χ2n) is 7.67. The zero-order chi connectivity index (χ0) is 19.1. The first-order chi connectivity index (χ1) is 13.2. The Morgan fingerprint density at radius 1 is 1.22 bits per heavy atom. The monoisotopic (exact) mass is 371 g/mol. The largest absolute Gasteiger partial charge is 0.394 e. The molecule has 0 aromatic heterocycles. The number of hydrogen-bond donors (Lipinski definition) is 1. The molecule has 0 unspecified atom stereocenters. The number of ether oxygens (including phenoxy) is 2. The maximum atomic E-state index is 10.2. The quantitative estimate of drug-likeness (QED) is 0.770. The summed E-state index contributed by atoms with van der Waals surface area (Å²) in [4.78, 5) is 2.40. The van der Waals surface area contributed by atoms with Gasteiger partial charge in [0.2, 0.25) is 5.79 Å². The topological polar surface area (TPSA) is 41.9 Å². The van der Waals surface area contributed by atoms with Gasteiger partial charge in [0.25, 0.3) is 0 Å². The molecule has 2 fully saturated rings. The lowest BCUT2D eigenvalue weighted by molar-refractivity contribution is -0.113. The molecule has 3 rings (SSSR count). The molecule has 0 radical (unpaired) electrons. The number of benzene rings is 1.